The molecule has 4 nitrogen and oxygen atoms in total. The van der Waals surface area contributed by atoms with Crippen LogP contribution in [-0.2, 0) is 0 Å². The number of carbonyl (C=O) groups is 1. The lowest BCUT2D eigenvalue weighted by atomic mass is 9.85. The largest absolute Gasteiger partial charge is 0.398 e. The lowest BCUT2D eigenvalue weighted by Gasteiger charge is -2.32. The van der Waals surface area contributed by atoms with Gasteiger partial charge in [0.1, 0.15) is 0 Å². The summed E-state index contributed by atoms with van der Waals surface area (Å²) in [6, 6.07) is 5.31. The van der Waals surface area contributed by atoms with Gasteiger partial charge in [0.15, 0.2) is 5.78 Å². The molecule has 0 bridgehead atoms. The molecule has 1 saturated carbocycles. The quantitative estimate of drug-likeness (QED) is 0.576. The molecule has 1 aromatic rings. The Morgan fingerprint density at radius 1 is 1.37 bits per heavy atom. The zero-order chi connectivity index (χ0) is 13.9. The summed E-state index contributed by atoms with van der Waals surface area (Å²) < 4.78 is 0. The lowest BCUT2D eigenvalue weighted by Crippen LogP contribution is -2.38. The van der Waals surface area contributed by atoms with Gasteiger partial charge in [0.2, 0.25) is 0 Å². The Labute approximate surface area is 114 Å². The van der Waals surface area contributed by atoms with E-state index in [9.17, 15) is 9.90 Å². The van der Waals surface area contributed by atoms with Crippen molar-refractivity contribution >= 4 is 17.2 Å². The number of anilines is 2. The Morgan fingerprint density at radius 3 is 2.63 bits per heavy atom. The summed E-state index contributed by atoms with van der Waals surface area (Å²) in [5.41, 5.74) is 7.11. The second-order valence-electron chi connectivity index (χ2n) is 5.50. The molecule has 4 heteroatoms. The van der Waals surface area contributed by atoms with Crippen LogP contribution < -0.4 is 11.1 Å². The molecule has 0 radical (unpaired) electrons. The lowest BCUT2D eigenvalue weighted by molar-refractivity contribution is 0.0167. The Kier molecular flexibility index (Phi) is 4.10. The third-order valence-corrected chi connectivity index (χ3v) is 3.84. The predicted molar refractivity (Wildman–Crippen MR) is 77.4 cm³/mol. The molecule has 0 amide bonds. The number of nitrogens with two attached hydrogens (primary N) is 1. The summed E-state index contributed by atoms with van der Waals surface area (Å²) in [5.74, 6) is -0.0324. The molecule has 0 heterocycles. The van der Waals surface area contributed by atoms with Gasteiger partial charge in [-0.1, -0.05) is 19.3 Å². The molecule has 0 atom stereocenters. The van der Waals surface area contributed by atoms with E-state index in [2.05, 4.69) is 5.32 Å². The summed E-state index contributed by atoms with van der Waals surface area (Å²) in [7, 11) is 0. The number of nitrogens with one attached hydrogen (secondary N) is 1. The molecule has 1 fully saturated rings. The first kappa shape index (κ1) is 13.9. The summed E-state index contributed by atoms with van der Waals surface area (Å²) in [6.45, 7) is 2.04. The van der Waals surface area contributed by atoms with Crippen molar-refractivity contribution in [3.63, 3.8) is 0 Å². The standard InChI is InChI=1S/C15H22N2O2/c1-11(18)13-6-5-12(9-14(13)16)17-10-15(19)7-3-2-4-8-15/h5-6,9,17,19H,2-4,7-8,10,16H2,1H3. The van der Waals surface area contributed by atoms with Gasteiger partial charge in [0.05, 0.1) is 5.60 Å². The van der Waals surface area contributed by atoms with Crippen LogP contribution in [-0.4, -0.2) is 23.0 Å². The monoisotopic (exact) mass is 262 g/mol. The second kappa shape index (κ2) is 5.61. The van der Waals surface area contributed by atoms with Crippen LogP contribution in [0.4, 0.5) is 11.4 Å². The van der Waals surface area contributed by atoms with Gasteiger partial charge < -0.3 is 16.2 Å². The van der Waals surface area contributed by atoms with E-state index in [1.807, 2.05) is 6.07 Å². The van der Waals surface area contributed by atoms with E-state index in [0.717, 1.165) is 31.4 Å². The average Bonchev–Trinajstić information content (AvgIpc) is 2.37. The summed E-state index contributed by atoms with van der Waals surface area (Å²) in [6.07, 6.45) is 5.08. The van der Waals surface area contributed by atoms with Crippen molar-refractivity contribution < 1.29 is 9.90 Å². The zero-order valence-corrected chi connectivity index (χ0v) is 11.4. The van der Waals surface area contributed by atoms with Gasteiger partial charge in [0, 0.05) is 23.5 Å². The van der Waals surface area contributed by atoms with E-state index in [4.69, 9.17) is 5.73 Å². The van der Waals surface area contributed by atoms with Crippen LogP contribution in [0.25, 0.3) is 0 Å². The van der Waals surface area contributed by atoms with E-state index in [1.54, 1.807) is 12.1 Å². The van der Waals surface area contributed by atoms with Crippen LogP contribution in [0.3, 0.4) is 0 Å². The molecule has 104 valence electrons. The Hall–Kier alpha value is -1.55. The van der Waals surface area contributed by atoms with Crippen molar-refractivity contribution in [2.24, 2.45) is 0 Å². The molecule has 19 heavy (non-hydrogen) atoms. The number of hydrogen-bond donors (Lipinski definition) is 3. The topological polar surface area (TPSA) is 75.3 Å². The Morgan fingerprint density at radius 2 is 2.05 bits per heavy atom. The molecule has 4 N–H and O–H groups in total. The fourth-order valence-corrected chi connectivity index (χ4v) is 2.65. The molecule has 0 unspecified atom stereocenters. The summed E-state index contributed by atoms with van der Waals surface area (Å²) >= 11 is 0. The normalized spacial score (nSPS) is 18.0. The third-order valence-electron chi connectivity index (χ3n) is 3.84. The van der Waals surface area contributed by atoms with Crippen molar-refractivity contribution in [2.75, 3.05) is 17.6 Å². The molecule has 1 aliphatic rings. The van der Waals surface area contributed by atoms with Gasteiger partial charge in [-0.3, -0.25) is 4.79 Å². The third kappa shape index (κ3) is 3.47. The van der Waals surface area contributed by atoms with E-state index in [0.29, 0.717) is 17.8 Å². The maximum Gasteiger partial charge on any atom is 0.161 e. The van der Waals surface area contributed by atoms with Crippen LogP contribution in [0.15, 0.2) is 18.2 Å². The smallest absolute Gasteiger partial charge is 0.161 e. The number of carbonyl (C=O) groups excluding carboxylic acids is 1. The Bertz CT molecular complexity index is 465. The molecule has 1 aromatic carbocycles. The molecule has 0 aromatic heterocycles. The first-order valence-corrected chi connectivity index (χ1v) is 6.87. The first-order chi connectivity index (χ1) is 9.00. The summed E-state index contributed by atoms with van der Waals surface area (Å²) in [5, 5.41) is 13.6. The minimum atomic E-state index is -0.605. The van der Waals surface area contributed by atoms with E-state index >= 15 is 0 Å². The van der Waals surface area contributed by atoms with E-state index < -0.39 is 5.60 Å². The van der Waals surface area contributed by atoms with E-state index in [1.165, 1.54) is 13.3 Å². The minimum Gasteiger partial charge on any atom is -0.398 e. The highest BCUT2D eigenvalue weighted by atomic mass is 16.3. The maximum atomic E-state index is 11.3. The molecule has 2 rings (SSSR count). The highest BCUT2D eigenvalue weighted by Crippen LogP contribution is 2.28. The van der Waals surface area contributed by atoms with Crippen LogP contribution in [0.1, 0.15) is 49.4 Å². The number of rotatable bonds is 4. The van der Waals surface area contributed by atoms with E-state index in [-0.39, 0.29) is 5.78 Å². The van der Waals surface area contributed by atoms with Gasteiger partial charge in [-0.25, -0.2) is 0 Å². The van der Waals surface area contributed by atoms with Gasteiger partial charge >= 0.3 is 0 Å². The van der Waals surface area contributed by atoms with Crippen molar-refractivity contribution in [2.45, 2.75) is 44.6 Å². The number of ketones is 1. The van der Waals surface area contributed by atoms with Crippen LogP contribution in [0.5, 0.6) is 0 Å². The molecular formula is C15H22N2O2. The highest BCUT2D eigenvalue weighted by molar-refractivity contribution is 5.99. The van der Waals surface area contributed by atoms with Crippen molar-refractivity contribution in [3.8, 4) is 0 Å². The van der Waals surface area contributed by atoms with Crippen molar-refractivity contribution in [1.29, 1.82) is 0 Å². The highest BCUT2D eigenvalue weighted by Gasteiger charge is 2.28. The van der Waals surface area contributed by atoms with Crippen molar-refractivity contribution in [3.05, 3.63) is 23.8 Å². The fourth-order valence-electron chi connectivity index (χ4n) is 2.65. The van der Waals surface area contributed by atoms with Gasteiger partial charge in [0.25, 0.3) is 0 Å². The molecule has 0 aliphatic heterocycles. The number of Topliss-reactive ketones (excluding diaryl/α,β-unsaturated/α-hetero) is 1. The second-order valence-corrected chi connectivity index (χ2v) is 5.50. The predicted octanol–water partition coefficient (Wildman–Crippen LogP) is 2.58. The van der Waals surface area contributed by atoms with Crippen LogP contribution in [0, 0.1) is 0 Å². The van der Waals surface area contributed by atoms with Gasteiger partial charge in [-0.05, 0) is 38.0 Å². The van der Waals surface area contributed by atoms with Gasteiger partial charge in [-0.2, -0.15) is 0 Å². The van der Waals surface area contributed by atoms with Crippen molar-refractivity contribution in [1.82, 2.24) is 0 Å². The summed E-state index contributed by atoms with van der Waals surface area (Å²) in [4.78, 5) is 11.3. The molecule has 0 saturated heterocycles. The average molecular weight is 262 g/mol. The fraction of sp³-hybridized carbons (Fsp3) is 0.533. The van der Waals surface area contributed by atoms with Crippen LogP contribution in [0.2, 0.25) is 0 Å². The van der Waals surface area contributed by atoms with Gasteiger partial charge in [-0.15, -0.1) is 0 Å². The number of hydrogen-bond acceptors (Lipinski definition) is 4. The zero-order valence-electron chi connectivity index (χ0n) is 11.4. The number of benzene rings is 1. The number of aliphatic hydroxyl groups is 1. The number of nitrogen functional groups attached to an aromatic ring is 1. The molecule has 1 aliphatic carbocycles. The Balaban J connectivity index is 2.00. The first-order valence-electron chi connectivity index (χ1n) is 6.87. The van der Waals surface area contributed by atoms with Crippen LogP contribution >= 0.6 is 0 Å². The molecule has 0 spiro atoms. The SMILES string of the molecule is CC(=O)c1ccc(NCC2(O)CCCCC2)cc1N. The maximum absolute atomic E-state index is 11.3. The minimum absolute atomic E-state index is 0.0324. The molecular weight excluding hydrogens is 240 g/mol.